The minimum atomic E-state index is -1.66. The summed E-state index contributed by atoms with van der Waals surface area (Å²) in [5.41, 5.74) is -0.0591. The first-order valence-corrected chi connectivity index (χ1v) is 13.6. The number of ether oxygens (including phenoxy) is 3. The molecule has 0 unspecified atom stereocenters. The van der Waals surface area contributed by atoms with E-state index >= 15 is 0 Å². The Bertz CT molecular complexity index is 1930. The van der Waals surface area contributed by atoms with Gasteiger partial charge >= 0.3 is 0 Å². The van der Waals surface area contributed by atoms with Gasteiger partial charge in [0.25, 0.3) is 5.56 Å². The van der Waals surface area contributed by atoms with Crippen molar-refractivity contribution < 1.29 is 36.6 Å². The summed E-state index contributed by atoms with van der Waals surface area (Å²) in [7, 11) is 1.37. The number of nitrogens with zero attached hydrogens (tertiary/aromatic N) is 2. The van der Waals surface area contributed by atoms with E-state index in [0.717, 1.165) is 11.3 Å². The number of ketones is 1. The maximum atomic E-state index is 14.1. The minimum absolute atomic E-state index is 0.0939. The van der Waals surface area contributed by atoms with Crippen LogP contribution in [0.4, 0.5) is 17.6 Å². The van der Waals surface area contributed by atoms with Gasteiger partial charge in [0, 0.05) is 17.2 Å². The van der Waals surface area contributed by atoms with Gasteiger partial charge in [-0.1, -0.05) is 35.6 Å². The summed E-state index contributed by atoms with van der Waals surface area (Å²) in [5.74, 6) is -7.77. The van der Waals surface area contributed by atoms with Gasteiger partial charge in [0.05, 0.1) is 17.7 Å². The van der Waals surface area contributed by atoms with Gasteiger partial charge in [0.1, 0.15) is 29.8 Å². The molecule has 216 valence electrons. The summed E-state index contributed by atoms with van der Waals surface area (Å²) in [6.07, 6.45) is 1.60. The largest absolute Gasteiger partial charge is 0.496 e. The molecule has 4 aromatic rings. The Morgan fingerprint density at radius 2 is 1.83 bits per heavy atom. The van der Waals surface area contributed by atoms with Crippen LogP contribution < -0.4 is 29.1 Å². The second-order valence-corrected chi connectivity index (χ2v) is 11.1. The van der Waals surface area contributed by atoms with Crippen LogP contribution in [0.2, 0.25) is 0 Å². The Morgan fingerprint density at radius 1 is 1.12 bits per heavy atom. The monoisotopic (exact) mass is 598 g/mol. The van der Waals surface area contributed by atoms with Crippen molar-refractivity contribution in [2.75, 3.05) is 7.11 Å². The Morgan fingerprint density at radius 3 is 2.52 bits per heavy atom. The van der Waals surface area contributed by atoms with E-state index in [4.69, 9.17) is 19.2 Å². The van der Waals surface area contributed by atoms with Gasteiger partial charge < -0.3 is 14.2 Å². The summed E-state index contributed by atoms with van der Waals surface area (Å²) < 4.78 is 74.0. The molecule has 0 aliphatic carbocycles. The second kappa shape index (κ2) is 10.1. The number of rotatable bonds is 6. The van der Waals surface area contributed by atoms with Crippen LogP contribution in [-0.4, -0.2) is 23.2 Å². The van der Waals surface area contributed by atoms with E-state index in [2.05, 4.69) is 0 Å². The quantitative estimate of drug-likeness (QED) is 0.243. The van der Waals surface area contributed by atoms with Crippen molar-refractivity contribution in [1.82, 2.24) is 4.57 Å². The summed E-state index contributed by atoms with van der Waals surface area (Å²) >= 11 is 1.13. The van der Waals surface area contributed by atoms with Gasteiger partial charge in [0.15, 0.2) is 22.2 Å². The highest BCUT2D eigenvalue weighted by molar-refractivity contribution is 7.07. The fourth-order valence-electron chi connectivity index (χ4n) is 5.54. The predicted octanol–water partition coefficient (Wildman–Crippen LogP) is 4.42. The van der Waals surface area contributed by atoms with E-state index in [9.17, 15) is 27.2 Å². The highest BCUT2D eigenvalue weighted by atomic mass is 32.1. The molecule has 3 heterocycles. The first kappa shape index (κ1) is 27.7. The first-order valence-electron chi connectivity index (χ1n) is 12.8. The number of benzene rings is 3. The molecule has 0 spiro atoms. The Hall–Kier alpha value is -4.45. The molecule has 0 saturated heterocycles. The zero-order valence-corrected chi connectivity index (χ0v) is 23.2. The van der Waals surface area contributed by atoms with E-state index in [1.165, 1.54) is 18.6 Å². The molecule has 6 rings (SSSR count). The fourth-order valence-corrected chi connectivity index (χ4v) is 6.64. The predicted molar refractivity (Wildman–Crippen MR) is 144 cm³/mol. The summed E-state index contributed by atoms with van der Waals surface area (Å²) in [6, 6.07) is 11.5. The average Bonchev–Trinajstić information content (AvgIpc) is 3.24. The smallest absolute Gasteiger partial charge is 0.270 e. The van der Waals surface area contributed by atoms with E-state index in [1.54, 1.807) is 43.3 Å². The van der Waals surface area contributed by atoms with E-state index in [1.807, 2.05) is 12.1 Å². The number of Topliss-reactive ketones (excluding diaryl/α,β-unsaturated/α-hetero) is 1. The molecular formula is C30H22F4N2O5S. The molecule has 2 aliphatic rings. The van der Waals surface area contributed by atoms with Crippen LogP contribution in [0.15, 0.2) is 58.3 Å². The van der Waals surface area contributed by atoms with Crippen molar-refractivity contribution in [2.45, 2.75) is 32.2 Å². The van der Waals surface area contributed by atoms with Crippen LogP contribution in [0.5, 0.6) is 17.2 Å². The molecule has 2 bridgehead atoms. The summed E-state index contributed by atoms with van der Waals surface area (Å²) in [4.78, 5) is 31.7. The number of carbonyl (C=O) groups excluding carboxylic acids is 1. The number of thiazole rings is 1. The molecule has 3 aromatic carbocycles. The lowest BCUT2D eigenvalue weighted by Gasteiger charge is -2.45. The first-order chi connectivity index (χ1) is 20.0. The second-order valence-electron chi connectivity index (χ2n) is 10.1. The zero-order chi connectivity index (χ0) is 29.9. The third-order valence-corrected chi connectivity index (χ3v) is 8.35. The number of methoxy groups -OCH3 is 1. The van der Waals surface area contributed by atoms with E-state index < -0.39 is 53.3 Å². The molecule has 3 atom stereocenters. The van der Waals surface area contributed by atoms with Crippen LogP contribution in [0, 0.1) is 29.2 Å². The number of fused-ring (bicyclic) bond motifs is 6. The van der Waals surface area contributed by atoms with Gasteiger partial charge in [-0.25, -0.2) is 13.8 Å². The average molecular weight is 599 g/mol. The number of aromatic nitrogens is 1. The van der Waals surface area contributed by atoms with E-state index in [-0.39, 0.29) is 23.2 Å². The number of para-hydroxylation sites is 1. The highest BCUT2D eigenvalue weighted by Gasteiger charge is 2.53. The molecule has 0 N–H and O–H groups in total. The number of hydrogen-bond acceptors (Lipinski definition) is 7. The molecule has 0 amide bonds. The molecule has 0 radical (unpaired) electrons. The third kappa shape index (κ3) is 4.37. The van der Waals surface area contributed by atoms with Crippen molar-refractivity contribution in [1.29, 1.82) is 0 Å². The number of hydrogen-bond donors (Lipinski definition) is 0. The molecule has 12 heteroatoms. The molecule has 1 aromatic heterocycles. The number of halogens is 4. The van der Waals surface area contributed by atoms with Crippen molar-refractivity contribution in [3.8, 4) is 17.2 Å². The van der Waals surface area contributed by atoms with Crippen molar-refractivity contribution >= 4 is 23.2 Å². The highest BCUT2D eigenvalue weighted by Crippen LogP contribution is 2.47. The van der Waals surface area contributed by atoms with Gasteiger partial charge in [-0.3, -0.25) is 14.2 Å². The lowest BCUT2D eigenvalue weighted by molar-refractivity contribution is -0.132. The van der Waals surface area contributed by atoms with Gasteiger partial charge in [-0.05, 0) is 43.7 Å². The number of carbonyl (C=O) groups is 1. The normalized spacial score (nSPS) is 20.7. The molecule has 42 heavy (non-hydrogen) atoms. The molecule has 2 aliphatic heterocycles. The van der Waals surface area contributed by atoms with Crippen LogP contribution in [0.3, 0.4) is 0 Å². The lowest BCUT2D eigenvalue weighted by atomic mass is 9.79. The minimum Gasteiger partial charge on any atom is -0.496 e. The zero-order valence-electron chi connectivity index (χ0n) is 22.4. The van der Waals surface area contributed by atoms with Crippen molar-refractivity contribution in [2.24, 2.45) is 10.9 Å². The molecule has 0 saturated carbocycles. The molecule has 7 nitrogen and oxygen atoms in total. The maximum absolute atomic E-state index is 14.1. The molecule has 0 fully saturated rings. The third-order valence-electron chi connectivity index (χ3n) is 7.36. The van der Waals surface area contributed by atoms with E-state index in [0.29, 0.717) is 31.8 Å². The Balaban J connectivity index is 1.43. The van der Waals surface area contributed by atoms with Crippen LogP contribution in [0.1, 0.15) is 36.6 Å². The lowest BCUT2D eigenvalue weighted by Crippen LogP contribution is -2.58. The standard InChI is InChI=1S/C30H22F4N2O5S/c1-14(37)23-26-17-6-4-5-7-21(17)41-30(23,2)35-29-36(26)28(38)22(42-29)11-15-8-9-20(39-3)16(10-15)13-40-27-24(33)18(31)12-19(32)25(27)34/h4-12,23,26H,13H2,1-3H3/b22-11+/t23-,26-,30+/m1/s1. The van der Waals surface area contributed by atoms with Crippen LogP contribution >= 0.6 is 11.3 Å². The molecular weight excluding hydrogens is 576 g/mol. The Labute approximate surface area is 239 Å². The van der Waals surface area contributed by atoms with Crippen molar-refractivity contribution in [3.05, 3.63) is 108 Å². The van der Waals surface area contributed by atoms with Crippen molar-refractivity contribution in [3.63, 3.8) is 0 Å². The fraction of sp³-hybridized carbons (Fsp3) is 0.233. The maximum Gasteiger partial charge on any atom is 0.270 e. The van der Waals surface area contributed by atoms with Gasteiger partial charge in [0.2, 0.25) is 17.4 Å². The Kier molecular flexibility index (Phi) is 6.68. The summed E-state index contributed by atoms with van der Waals surface area (Å²) in [6.45, 7) is 2.69. The van der Waals surface area contributed by atoms with Gasteiger partial charge in [-0.2, -0.15) is 8.78 Å². The van der Waals surface area contributed by atoms with Crippen LogP contribution in [0.25, 0.3) is 6.08 Å². The SMILES string of the molecule is COc1ccc(/C=c2/sc3n(c2=O)[C@@H]2c4ccccc4O[C@](C)(N=3)[C@@H]2C(C)=O)cc1COc1c(F)c(F)cc(F)c1F. The van der Waals surface area contributed by atoms with Crippen LogP contribution in [-0.2, 0) is 11.4 Å². The van der Waals surface area contributed by atoms with Gasteiger partial charge in [-0.15, -0.1) is 0 Å². The summed E-state index contributed by atoms with van der Waals surface area (Å²) in [5, 5.41) is 0. The topological polar surface area (TPSA) is 79.1 Å².